The lowest BCUT2D eigenvalue weighted by Crippen LogP contribution is -2.14. The molecule has 0 atom stereocenters. The second kappa shape index (κ2) is 7.40. The first-order valence-electron chi connectivity index (χ1n) is 8.18. The number of halogens is 1. The second-order valence-electron chi connectivity index (χ2n) is 6.92. The SMILES string of the molecule is CC(C)(C)c1cc(NC(=O)c2cccc(NC(=O)c3ccc(Br)o3)c2)no1. The molecule has 0 saturated heterocycles. The number of hydrogen-bond donors (Lipinski definition) is 2. The van der Waals surface area contributed by atoms with E-state index in [2.05, 4.69) is 31.7 Å². The van der Waals surface area contributed by atoms with Crippen molar-refractivity contribution >= 4 is 39.2 Å². The van der Waals surface area contributed by atoms with Crippen molar-refractivity contribution < 1.29 is 18.5 Å². The fourth-order valence-electron chi connectivity index (χ4n) is 2.24. The number of nitrogens with one attached hydrogen (secondary N) is 2. The number of benzene rings is 1. The number of carbonyl (C=O) groups excluding carboxylic acids is 2. The molecule has 0 aliphatic rings. The van der Waals surface area contributed by atoms with Crippen LogP contribution in [0.5, 0.6) is 0 Å². The fraction of sp³-hybridized carbons (Fsp3) is 0.211. The average molecular weight is 432 g/mol. The summed E-state index contributed by atoms with van der Waals surface area (Å²) >= 11 is 3.15. The van der Waals surface area contributed by atoms with Crippen molar-refractivity contribution in [1.82, 2.24) is 5.16 Å². The average Bonchev–Trinajstić information content (AvgIpc) is 3.24. The molecule has 0 saturated carbocycles. The summed E-state index contributed by atoms with van der Waals surface area (Å²) in [4.78, 5) is 24.6. The molecule has 0 aliphatic heterocycles. The maximum atomic E-state index is 12.5. The largest absolute Gasteiger partial charge is 0.444 e. The summed E-state index contributed by atoms with van der Waals surface area (Å²) in [6, 6.07) is 11.4. The number of furan rings is 1. The van der Waals surface area contributed by atoms with E-state index >= 15 is 0 Å². The zero-order chi connectivity index (χ0) is 19.6. The van der Waals surface area contributed by atoms with Crippen LogP contribution in [0.4, 0.5) is 11.5 Å². The summed E-state index contributed by atoms with van der Waals surface area (Å²) in [6.07, 6.45) is 0. The van der Waals surface area contributed by atoms with Gasteiger partial charge in [-0.25, -0.2) is 0 Å². The Morgan fingerprint density at radius 3 is 2.44 bits per heavy atom. The van der Waals surface area contributed by atoms with Gasteiger partial charge in [-0.2, -0.15) is 0 Å². The van der Waals surface area contributed by atoms with E-state index in [1.165, 1.54) is 0 Å². The molecule has 3 rings (SSSR count). The lowest BCUT2D eigenvalue weighted by Gasteiger charge is -2.12. The van der Waals surface area contributed by atoms with E-state index in [9.17, 15) is 9.59 Å². The van der Waals surface area contributed by atoms with E-state index in [0.29, 0.717) is 27.5 Å². The number of aromatic nitrogens is 1. The van der Waals surface area contributed by atoms with E-state index in [1.54, 1.807) is 42.5 Å². The summed E-state index contributed by atoms with van der Waals surface area (Å²) in [5.74, 6) is 0.391. The summed E-state index contributed by atoms with van der Waals surface area (Å²) in [5, 5.41) is 9.24. The number of hydrogen-bond acceptors (Lipinski definition) is 5. The number of anilines is 2. The summed E-state index contributed by atoms with van der Waals surface area (Å²) in [6.45, 7) is 5.97. The Bertz CT molecular complexity index is 985. The van der Waals surface area contributed by atoms with Gasteiger partial charge >= 0.3 is 0 Å². The van der Waals surface area contributed by atoms with Crippen LogP contribution >= 0.6 is 15.9 Å². The van der Waals surface area contributed by atoms with Crippen molar-refractivity contribution in [3.05, 3.63) is 64.2 Å². The number of rotatable bonds is 4. The van der Waals surface area contributed by atoms with Gasteiger partial charge in [-0.15, -0.1) is 0 Å². The molecular formula is C19H18BrN3O4. The van der Waals surface area contributed by atoms with Crippen LogP contribution in [-0.2, 0) is 5.41 Å². The van der Waals surface area contributed by atoms with Crippen LogP contribution in [-0.4, -0.2) is 17.0 Å². The van der Waals surface area contributed by atoms with Gasteiger partial charge < -0.3 is 19.6 Å². The van der Waals surface area contributed by atoms with Gasteiger partial charge in [0.15, 0.2) is 16.2 Å². The molecule has 1 aromatic carbocycles. The molecule has 8 heteroatoms. The van der Waals surface area contributed by atoms with Crippen LogP contribution in [0.1, 0.15) is 47.4 Å². The summed E-state index contributed by atoms with van der Waals surface area (Å²) in [5.41, 5.74) is 0.630. The first-order valence-corrected chi connectivity index (χ1v) is 8.97. The highest BCUT2D eigenvalue weighted by atomic mass is 79.9. The van der Waals surface area contributed by atoms with Gasteiger partial charge in [0, 0.05) is 22.7 Å². The molecule has 0 fully saturated rings. The number of nitrogens with zero attached hydrogens (tertiary/aromatic N) is 1. The number of amides is 2. The predicted molar refractivity (Wildman–Crippen MR) is 104 cm³/mol. The molecule has 0 aliphatic carbocycles. The van der Waals surface area contributed by atoms with Crippen molar-refractivity contribution in [3.8, 4) is 0 Å². The smallest absolute Gasteiger partial charge is 0.291 e. The van der Waals surface area contributed by atoms with E-state index in [1.807, 2.05) is 20.8 Å². The van der Waals surface area contributed by atoms with Crippen molar-refractivity contribution in [2.24, 2.45) is 0 Å². The van der Waals surface area contributed by atoms with Gasteiger partial charge in [-0.3, -0.25) is 9.59 Å². The normalized spacial score (nSPS) is 11.3. The predicted octanol–water partition coefficient (Wildman–Crippen LogP) is 4.83. The maximum absolute atomic E-state index is 12.5. The molecule has 0 bridgehead atoms. The minimum absolute atomic E-state index is 0.161. The van der Waals surface area contributed by atoms with Crippen molar-refractivity contribution in [3.63, 3.8) is 0 Å². The Kier molecular flexibility index (Phi) is 5.18. The van der Waals surface area contributed by atoms with Crippen LogP contribution in [0, 0.1) is 0 Å². The van der Waals surface area contributed by atoms with E-state index < -0.39 is 5.91 Å². The highest BCUT2D eigenvalue weighted by Crippen LogP contribution is 2.24. The van der Waals surface area contributed by atoms with Crippen molar-refractivity contribution in [2.75, 3.05) is 10.6 Å². The third kappa shape index (κ3) is 4.65. The van der Waals surface area contributed by atoms with Gasteiger partial charge in [0.05, 0.1) is 0 Å². The number of carbonyl (C=O) groups is 2. The zero-order valence-electron chi connectivity index (χ0n) is 15.0. The van der Waals surface area contributed by atoms with E-state index in [0.717, 1.165) is 0 Å². The molecule has 140 valence electrons. The Morgan fingerprint density at radius 1 is 1.04 bits per heavy atom. The van der Waals surface area contributed by atoms with Crippen LogP contribution in [0.2, 0.25) is 0 Å². The topological polar surface area (TPSA) is 97.4 Å². The van der Waals surface area contributed by atoms with Gasteiger partial charge in [-0.1, -0.05) is 32.0 Å². The zero-order valence-corrected chi connectivity index (χ0v) is 16.6. The van der Waals surface area contributed by atoms with Gasteiger partial charge in [-0.05, 0) is 46.3 Å². The molecule has 2 N–H and O–H groups in total. The minimum Gasteiger partial charge on any atom is -0.444 e. The Hall–Kier alpha value is -2.87. The molecule has 27 heavy (non-hydrogen) atoms. The van der Waals surface area contributed by atoms with E-state index in [4.69, 9.17) is 8.94 Å². The summed E-state index contributed by atoms with van der Waals surface area (Å²) in [7, 11) is 0. The quantitative estimate of drug-likeness (QED) is 0.616. The Morgan fingerprint density at radius 2 is 1.81 bits per heavy atom. The lowest BCUT2D eigenvalue weighted by molar-refractivity contribution is 0.0992. The highest BCUT2D eigenvalue weighted by molar-refractivity contribution is 9.10. The van der Waals surface area contributed by atoms with E-state index in [-0.39, 0.29) is 17.1 Å². The van der Waals surface area contributed by atoms with Crippen LogP contribution in [0.3, 0.4) is 0 Å². The minimum atomic E-state index is -0.412. The first kappa shape index (κ1) is 18.9. The van der Waals surface area contributed by atoms with Crippen molar-refractivity contribution in [1.29, 1.82) is 0 Å². The Balaban J connectivity index is 1.70. The third-order valence-electron chi connectivity index (χ3n) is 3.67. The molecule has 7 nitrogen and oxygen atoms in total. The molecule has 0 spiro atoms. The fourth-order valence-corrected chi connectivity index (χ4v) is 2.55. The molecule has 0 unspecified atom stereocenters. The van der Waals surface area contributed by atoms with Crippen LogP contribution in [0.15, 0.2) is 56.1 Å². The maximum Gasteiger partial charge on any atom is 0.291 e. The molecular weight excluding hydrogens is 414 g/mol. The standard InChI is InChI=1S/C19H18BrN3O4/c1-19(2,3)14-10-16(23-27-14)22-17(24)11-5-4-6-12(9-11)21-18(25)13-7-8-15(20)26-13/h4-10H,1-3H3,(H,21,25)(H,22,23,24). The van der Waals surface area contributed by atoms with Crippen molar-refractivity contribution in [2.45, 2.75) is 26.2 Å². The highest BCUT2D eigenvalue weighted by Gasteiger charge is 2.20. The van der Waals surface area contributed by atoms with Gasteiger partial charge in [0.25, 0.3) is 11.8 Å². The third-order valence-corrected chi connectivity index (χ3v) is 4.10. The summed E-state index contributed by atoms with van der Waals surface area (Å²) < 4.78 is 10.9. The second-order valence-corrected chi connectivity index (χ2v) is 7.70. The lowest BCUT2D eigenvalue weighted by atomic mass is 9.93. The molecule has 0 radical (unpaired) electrons. The first-order chi connectivity index (χ1) is 12.7. The molecule has 2 aromatic heterocycles. The Labute approximate surface area is 164 Å². The van der Waals surface area contributed by atoms with Gasteiger partial charge in [0.2, 0.25) is 0 Å². The molecule has 2 amide bonds. The van der Waals surface area contributed by atoms with Crippen LogP contribution in [0.25, 0.3) is 0 Å². The monoisotopic (exact) mass is 431 g/mol. The molecule has 3 aromatic rings. The van der Waals surface area contributed by atoms with Crippen LogP contribution < -0.4 is 10.6 Å². The molecule has 2 heterocycles. The van der Waals surface area contributed by atoms with Gasteiger partial charge in [0.1, 0.15) is 5.76 Å².